The van der Waals surface area contributed by atoms with E-state index in [1.54, 1.807) is 0 Å². The largest absolute Gasteiger partial charge is 0.460 e. The molecule has 0 bridgehead atoms. The summed E-state index contributed by atoms with van der Waals surface area (Å²) < 4.78 is 6.18. The van der Waals surface area contributed by atoms with Crippen molar-refractivity contribution in [3.63, 3.8) is 0 Å². The van der Waals surface area contributed by atoms with Gasteiger partial charge in [0.05, 0.1) is 0 Å². The molecule has 1 nitrogen and oxygen atoms in total. The maximum Gasteiger partial charge on any atom is 0.197 e. The van der Waals surface area contributed by atoms with E-state index in [0.717, 1.165) is 5.54 Å². The molecule has 0 aromatic heterocycles. The molecule has 0 atom stereocenters. The van der Waals surface area contributed by atoms with E-state index in [-0.39, 0.29) is 18.8 Å². The van der Waals surface area contributed by atoms with E-state index in [1.165, 1.54) is 50.6 Å². The zero-order valence-corrected chi connectivity index (χ0v) is 12.3. The molecule has 14 heavy (non-hydrogen) atoms. The highest BCUT2D eigenvalue weighted by molar-refractivity contribution is 6.58. The van der Waals surface area contributed by atoms with Gasteiger partial charge in [-0.15, -0.1) is 0 Å². The predicted octanol–water partition coefficient (Wildman–Crippen LogP) is 3.26. The van der Waals surface area contributed by atoms with Gasteiger partial charge in [-0.25, -0.2) is 0 Å². The van der Waals surface area contributed by atoms with Crippen LogP contribution >= 0.6 is 0 Å². The molecule has 0 amide bonds. The van der Waals surface area contributed by atoms with Crippen molar-refractivity contribution in [1.82, 2.24) is 0 Å². The van der Waals surface area contributed by atoms with Gasteiger partial charge in [-0.3, -0.25) is 0 Å². The van der Waals surface area contributed by atoms with Crippen LogP contribution in [-0.2, 0) is 4.12 Å². The molecule has 1 radical (unpaired) electrons. The normalized spacial score (nSPS) is 20.8. The first-order valence-electron chi connectivity index (χ1n) is 6.34. The van der Waals surface area contributed by atoms with Crippen LogP contribution in [0.5, 0.6) is 0 Å². The molecule has 1 fully saturated rings. The van der Waals surface area contributed by atoms with E-state index < -0.39 is 0 Å². The lowest BCUT2D eigenvalue weighted by molar-refractivity contribution is 0.556. The fourth-order valence-electron chi connectivity index (χ4n) is 2.22. The Kier molecular flexibility index (Phi) is 6.81. The first-order valence-corrected chi connectivity index (χ1v) is 9.56. The summed E-state index contributed by atoms with van der Waals surface area (Å²) in [7, 11) is -0.553. The predicted molar refractivity (Wildman–Crippen MR) is 67.8 cm³/mol. The molecule has 0 aliphatic heterocycles. The van der Waals surface area contributed by atoms with E-state index in [1.807, 2.05) is 0 Å². The summed E-state index contributed by atoms with van der Waals surface area (Å²) in [5.41, 5.74) is 1.02. The first-order chi connectivity index (χ1) is 6.86. The Bertz CT molecular complexity index is 129. The van der Waals surface area contributed by atoms with Gasteiger partial charge in [0.15, 0.2) is 9.04 Å². The smallest absolute Gasteiger partial charge is 0.197 e. The van der Waals surface area contributed by atoms with Crippen LogP contribution in [0.2, 0.25) is 17.6 Å². The van der Waals surface area contributed by atoms with Crippen LogP contribution in [0.3, 0.4) is 0 Å². The number of hydrogen-bond acceptors (Lipinski definition) is 1. The minimum absolute atomic E-state index is 0.181. The van der Waals surface area contributed by atoms with Crippen molar-refractivity contribution in [2.75, 3.05) is 0 Å². The summed E-state index contributed by atoms with van der Waals surface area (Å²) in [4.78, 5) is 0. The van der Waals surface area contributed by atoms with Crippen molar-refractivity contribution in [1.29, 1.82) is 0 Å². The van der Waals surface area contributed by atoms with Crippen LogP contribution in [0, 0.1) is 0 Å². The maximum absolute atomic E-state index is 6.18. The molecule has 0 aromatic carbocycles. The lowest BCUT2D eigenvalue weighted by Crippen LogP contribution is -2.21. The van der Waals surface area contributed by atoms with Crippen molar-refractivity contribution in [3.8, 4) is 0 Å². The van der Waals surface area contributed by atoms with Gasteiger partial charge in [-0.05, 0) is 17.6 Å². The Morgan fingerprint density at radius 2 is 1.64 bits per heavy atom. The van der Waals surface area contributed by atoms with Crippen molar-refractivity contribution in [3.05, 3.63) is 0 Å². The second-order valence-electron chi connectivity index (χ2n) is 4.41. The van der Waals surface area contributed by atoms with Crippen LogP contribution in [0.4, 0.5) is 0 Å². The van der Waals surface area contributed by atoms with Gasteiger partial charge >= 0.3 is 0 Å². The molecule has 1 saturated carbocycles. The molecule has 0 spiro atoms. The maximum atomic E-state index is 6.18. The molecule has 1 aliphatic rings. The van der Waals surface area contributed by atoms with Crippen LogP contribution < -0.4 is 0 Å². The van der Waals surface area contributed by atoms with Gasteiger partial charge < -0.3 is 4.12 Å². The summed E-state index contributed by atoms with van der Waals surface area (Å²) in [6.07, 6.45) is 8.86. The van der Waals surface area contributed by atoms with E-state index in [0.29, 0.717) is 0 Å². The van der Waals surface area contributed by atoms with Crippen LogP contribution in [-0.4, -0.2) is 18.8 Å². The van der Waals surface area contributed by atoms with Crippen LogP contribution in [0.15, 0.2) is 0 Å². The fraction of sp³-hybridized carbons (Fsp3) is 1.00. The SMILES string of the molecule is CC[Si](CC)O[SiH2]C1CCCCCC1. The lowest BCUT2D eigenvalue weighted by Gasteiger charge is -2.17. The minimum atomic E-state index is -0.372. The highest BCUT2D eigenvalue weighted by Crippen LogP contribution is 2.27. The third-order valence-electron chi connectivity index (χ3n) is 3.29. The number of hydrogen-bond donors (Lipinski definition) is 0. The van der Waals surface area contributed by atoms with Crippen LogP contribution in [0.25, 0.3) is 0 Å². The molecule has 0 N–H and O–H groups in total. The first kappa shape index (κ1) is 12.5. The second kappa shape index (κ2) is 7.66. The van der Waals surface area contributed by atoms with Crippen molar-refractivity contribution in [2.24, 2.45) is 0 Å². The zero-order valence-electron chi connectivity index (χ0n) is 9.85. The Morgan fingerprint density at radius 1 is 1.07 bits per heavy atom. The quantitative estimate of drug-likeness (QED) is 0.519. The van der Waals surface area contributed by atoms with E-state index in [2.05, 4.69) is 13.8 Å². The molecular formula is C11H25OSi2. The van der Waals surface area contributed by atoms with Gasteiger partial charge in [0.2, 0.25) is 0 Å². The monoisotopic (exact) mass is 229 g/mol. The Hall–Kier alpha value is 0.394. The summed E-state index contributed by atoms with van der Waals surface area (Å²) in [6, 6.07) is 2.61. The molecule has 0 saturated heterocycles. The molecule has 0 heterocycles. The lowest BCUT2D eigenvalue weighted by atomic mass is 10.2. The van der Waals surface area contributed by atoms with Crippen molar-refractivity contribution >= 4 is 18.8 Å². The van der Waals surface area contributed by atoms with Crippen LogP contribution in [0.1, 0.15) is 52.4 Å². The second-order valence-corrected chi connectivity index (χ2v) is 9.55. The Morgan fingerprint density at radius 3 is 2.14 bits per heavy atom. The van der Waals surface area contributed by atoms with E-state index in [9.17, 15) is 0 Å². The van der Waals surface area contributed by atoms with Gasteiger partial charge in [0.25, 0.3) is 0 Å². The molecule has 1 rings (SSSR count). The van der Waals surface area contributed by atoms with E-state index in [4.69, 9.17) is 4.12 Å². The summed E-state index contributed by atoms with van der Waals surface area (Å²) in [5, 5.41) is 0. The summed E-state index contributed by atoms with van der Waals surface area (Å²) >= 11 is 0. The third-order valence-corrected chi connectivity index (χ3v) is 8.45. The third kappa shape index (κ3) is 4.76. The molecule has 1 aliphatic carbocycles. The van der Waals surface area contributed by atoms with Crippen molar-refractivity contribution < 1.29 is 4.12 Å². The molecule has 83 valence electrons. The zero-order chi connectivity index (χ0) is 10.2. The van der Waals surface area contributed by atoms with Gasteiger partial charge in [-0.1, -0.05) is 52.4 Å². The Labute approximate surface area is 93.3 Å². The fourth-order valence-corrected chi connectivity index (χ4v) is 7.15. The standard InChI is InChI=1S/C11H25OSi2/c1-3-14(4-2)12-13-11-9-7-5-6-8-10-11/h11H,3-10,13H2,1-2H3. The highest BCUT2D eigenvalue weighted by atomic mass is 28.3. The molecule has 0 unspecified atom stereocenters. The summed E-state index contributed by atoms with van der Waals surface area (Å²) in [6.45, 7) is 4.58. The highest BCUT2D eigenvalue weighted by Gasteiger charge is 2.15. The van der Waals surface area contributed by atoms with E-state index >= 15 is 0 Å². The van der Waals surface area contributed by atoms with Gasteiger partial charge in [0, 0.05) is 0 Å². The van der Waals surface area contributed by atoms with Gasteiger partial charge in [-0.2, -0.15) is 0 Å². The number of rotatable bonds is 5. The summed E-state index contributed by atoms with van der Waals surface area (Å²) in [5.74, 6) is 0. The molecular weight excluding hydrogens is 204 g/mol. The topological polar surface area (TPSA) is 9.23 Å². The molecule has 0 aromatic rings. The van der Waals surface area contributed by atoms with Gasteiger partial charge in [0.1, 0.15) is 9.76 Å². The average Bonchev–Trinajstić information content (AvgIpc) is 2.48. The minimum Gasteiger partial charge on any atom is -0.460 e. The molecule has 3 heteroatoms. The van der Waals surface area contributed by atoms with Crippen molar-refractivity contribution in [2.45, 2.75) is 70.0 Å². The Balaban J connectivity index is 2.14. The average molecular weight is 229 g/mol.